The van der Waals surface area contributed by atoms with Gasteiger partial charge in [0.05, 0.1) is 11.7 Å². The zero-order valence-corrected chi connectivity index (χ0v) is 12.9. The number of hydrogen-bond acceptors (Lipinski definition) is 4. The van der Waals surface area contributed by atoms with Gasteiger partial charge in [-0.1, -0.05) is 0 Å². The quantitative estimate of drug-likeness (QED) is 0.817. The molecule has 0 saturated carbocycles. The Labute approximate surface area is 126 Å². The lowest BCUT2D eigenvalue weighted by Gasteiger charge is -2.23. The average Bonchev–Trinajstić information content (AvgIpc) is 2.48. The summed E-state index contributed by atoms with van der Waals surface area (Å²) in [6.45, 7) is 1.65. The van der Waals surface area contributed by atoms with Crippen LogP contribution in [0.4, 0.5) is 11.4 Å². The van der Waals surface area contributed by atoms with Gasteiger partial charge in [0.2, 0.25) is 0 Å². The molecule has 1 saturated heterocycles. The Morgan fingerprint density at radius 1 is 1.43 bits per heavy atom. The van der Waals surface area contributed by atoms with Gasteiger partial charge in [-0.15, -0.1) is 0 Å². The third-order valence-corrected chi connectivity index (χ3v) is 3.74. The molecule has 1 aliphatic rings. The Balaban J connectivity index is 1.97. The largest absolute Gasteiger partial charge is 0.399 e. The van der Waals surface area contributed by atoms with Crippen molar-refractivity contribution >= 4 is 17.3 Å². The minimum atomic E-state index is -0.0218. The van der Waals surface area contributed by atoms with Crippen molar-refractivity contribution in [3.63, 3.8) is 0 Å². The van der Waals surface area contributed by atoms with Gasteiger partial charge in [0, 0.05) is 38.6 Å². The first-order chi connectivity index (χ1) is 10.1. The van der Waals surface area contributed by atoms with E-state index in [1.165, 1.54) is 12.8 Å². The first kappa shape index (κ1) is 15.6. The highest BCUT2D eigenvalue weighted by Gasteiger charge is 2.16. The lowest BCUT2D eigenvalue weighted by molar-refractivity contribution is 0.0134. The molecule has 1 fully saturated rings. The molecule has 116 valence electrons. The molecule has 1 aromatic carbocycles. The van der Waals surface area contributed by atoms with Crippen LogP contribution in [0.1, 0.15) is 36.0 Å². The number of nitrogens with two attached hydrogens (primary N) is 1. The molecule has 1 amide bonds. The fourth-order valence-electron chi connectivity index (χ4n) is 2.54. The lowest BCUT2D eigenvalue weighted by Crippen LogP contribution is -2.24. The predicted molar refractivity (Wildman–Crippen MR) is 85.6 cm³/mol. The molecule has 1 unspecified atom stereocenters. The molecule has 5 heteroatoms. The van der Waals surface area contributed by atoms with E-state index in [2.05, 4.69) is 5.32 Å². The van der Waals surface area contributed by atoms with Gasteiger partial charge >= 0.3 is 0 Å². The molecular weight excluding hydrogens is 266 g/mol. The maximum absolute atomic E-state index is 12.2. The van der Waals surface area contributed by atoms with Crippen molar-refractivity contribution in [2.75, 3.05) is 38.3 Å². The average molecular weight is 291 g/mol. The number of rotatable bonds is 5. The van der Waals surface area contributed by atoms with Gasteiger partial charge < -0.3 is 20.7 Å². The van der Waals surface area contributed by atoms with Gasteiger partial charge in [0.25, 0.3) is 5.91 Å². The summed E-state index contributed by atoms with van der Waals surface area (Å²) in [5.41, 5.74) is 7.93. The van der Waals surface area contributed by atoms with Crippen molar-refractivity contribution in [3.05, 3.63) is 23.8 Å². The molecule has 3 N–H and O–H groups in total. The van der Waals surface area contributed by atoms with E-state index in [1.54, 1.807) is 31.1 Å². The maximum atomic E-state index is 12.2. The number of nitrogens with one attached hydrogen (secondary N) is 1. The van der Waals surface area contributed by atoms with Crippen LogP contribution in [0.5, 0.6) is 0 Å². The summed E-state index contributed by atoms with van der Waals surface area (Å²) in [5, 5.41) is 3.33. The van der Waals surface area contributed by atoms with E-state index >= 15 is 0 Å². The molecule has 0 bridgehead atoms. The summed E-state index contributed by atoms with van der Waals surface area (Å²) >= 11 is 0. The van der Waals surface area contributed by atoms with E-state index in [1.807, 2.05) is 6.07 Å². The van der Waals surface area contributed by atoms with Crippen molar-refractivity contribution in [1.29, 1.82) is 0 Å². The smallest absolute Gasteiger partial charge is 0.255 e. The Morgan fingerprint density at radius 2 is 2.24 bits per heavy atom. The van der Waals surface area contributed by atoms with Gasteiger partial charge in [-0.2, -0.15) is 0 Å². The number of anilines is 2. The van der Waals surface area contributed by atoms with E-state index in [4.69, 9.17) is 10.5 Å². The van der Waals surface area contributed by atoms with E-state index in [-0.39, 0.29) is 5.91 Å². The van der Waals surface area contributed by atoms with Crippen molar-refractivity contribution in [3.8, 4) is 0 Å². The van der Waals surface area contributed by atoms with Crippen molar-refractivity contribution < 1.29 is 9.53 Å². The van der Waals surface area contributed by atoms with Gasteiger partial charge in [-0.05, 0) is 43.9 Å². The highest BCUT2D eigenvalue weighted by atomic mass is 16.5. The van der Waals surface area contributed by atoms with Gasteiger partial charge in [0.1, 0.15) is 0 Å². The Morgan fingerprint density at radius 3 is 2.90 bits per heavy atom. The van der Waals surface area contributed by atoms with Crippen LogP contribution in [0.25, 0.3) is 0 Å². The molecule has 1 heterocycles. The minimum absolute atomic E-state index is 0.0218. The van der Waals surface area contributed by atoms with Crippen molar-refractivity contribution in [2.24, 2.45) is 0 Å². The van der Waals surface area contributed by atoms with Crippen LogP contribution < -0.4 is 11.1 Å². The maximum Gasteiger partial charge on any atom is 0.255 e. The highest BCUT2D eigenvalue weighted by molar-refractivity contribution is 5.99. The molecule has 1 aromatic rings. The summed E-state index contributed by atoms with van der Waals surface area (Å²) in [6, 6.07) is 5.35. The molecule has 5 nitrogen and oxygen atoms in total. The van der Waals surface area contributed by atoms with Gasteiger partial charge in [-0.3, -0.25) is 4.79 Å². The molecule has 0 aromatic heterocycles. The Bertz CT molecular complexity index is 482. The topological polar surface area (TPSA) is 67.6 Å². The second-order valence-electron chi connectivity index (χ2n) is 5.71. The number of carbonyl (C=O) groups excluding carboxylic acids is 1. The number of hydrogen-bond donors (Lipinski definition) is 2. The molecule has 1 atom stereocenters. The Hall–Kier alpha value is -1.75. The minimum Gasteiger partial charge on any atom is -0.399 e. The van der Waals surface area contributed by atoms with Crippen LogP contribution in [0.15, 0.2) is 18.2 Å². The molecule has 21 heavy (non-hydrogen) atoms. The van der Waals surface area contributed by atoms with E-state index in [0.29, 0.717) is 17.4 Å². The van der Waals surface area contributed by atoms with Crippen LogP contribution in [-0.2, 0) is 4.74 Å². The summed E-state index contributed by atoms with van der Waals surface area (Å²) in [7, 11) is 3.50. The number of nitrogens with zero attached hydrogens (tertiary/aromatic N) is 1. The zero-order valence-electron chi connectivity index (χ0n) is 12.9. The summed E-state index contributed by atoms with van der Waals surface area (Å²) in [6.07, 6.45) is 4.82. The number of nitrogen functional groups attached to an aromatic ring is 1. The number of amides is 1. The molecule has 1 aliphatic heterocycles. The van der Waals surface area contributed by atoms with Gasteiger partial charge in [-0.25, -0.2) is 0 Å². The normalized spacial score (nSPS) is 18.3. The first-order valence-corrected chi connectivity index (χ1v) is 7.54. The predicted octanol–water partition coefficient (Wildman–Crippen LogP) is 2.34. The van der Waals surface area contributed by atoms with Crippen LogP contribution in [0, 0.1) is 0 Å². The van der Waals surface area contributed by atoms with Crippen molar-refractivity contribution in [1.82, 2.24) is 4.90 Å². The van der Waals surface area contributed by atoms with E-state index in [0.717, 1.165) is 31.7 Å². The monoisotopic (exact) mass is 291 g/mol. The van der Waals surface area contributed by atoms with Crippen molar-refractivity contribution in [2.45, 2.75) is 31.8 Å². The highest BCUT2D eigenvalue weighted by Crippen LogP contribution is 2.21. The number of carbonyl (C=O) groups is 1. The first-order valence-electron chi connectivity index (χ1n) is 7.54. The van der Waals surface area contributed by atoms with Crippen LogP contribution >= 0.6 is 0 Å². The third kappa shape index (κ3) is 4.36. The van der Waals surface area contributed by atoms with E-state index in [9.17, 15) is 4.79 Å². The summed E-state index contributed by atoms with van der Waals surface area (Å²) < 4.78 is 5.72. The second-order valence-corrected chi connectivity index (χ2v) is 5.71. The fourth-order valence-corrected chi connectivity index (χ4v) is 2.54. The number of ether oxygens (including phenoxy) is 1. The number of benzene rings is 1. The lowest BCUT2D eigenvalue weighted by atomic mass is 10.1. The molecule has 0 spiro atoms. The summed E-state index contributed by atoms with van der Waals surface area (Å²) in [4.78, 5) is 13.7. The summed E-state index contributed by atoms with van der Waals surface area (Å²) in [5.74, 6) is -0.0218. The standard InChI is InChI=1S/C16H25N3O2/c1-19(2)16(20)14-7-6-12(17)11-15(14)18-9-8-13-5-3-4-10-21-13/h6-7,11,13,18H,3-5,8-10,17H2,1-2H3. The molecule has 2 rings (SSSR count). The SMILES string of the molecule is CN(C)C(=O)c1ccc(N)cc1NCCC1CCCCO1. The molecular formula is C16H25N3O2. The Kier molecular flexibility index (Phi) is 5.44. The van der Waals surface area contributed by atoms with Gasteiger partial charge in [0.15, 0.2) is 0 Å². The molecule has 0 aliphatic carbocycles. The van der Waals surface area contributed by atoms with Crippen LogP contribution in [-0.4, -0.2) is 44.2 Å². The third-order valence-electron chi connectivity index (χ3n) is 3.74. The van der Waals surface area contributed by atoms with Crippen LogP contribution in [0.3, 0.4) is 0 Å². The zero-order chi connectivity index (χ0) is 15.2. The van der Waals surface area contributed by atoms with E-state index < -0.39 is 0 Å². The second kappa shape index (κ2) is 7.31. The van der Waals surface area contributed by atoms with Crippen LogP contribution in [0.2, 0.25) is 0 Å². The molecule has 0 radical (unpaired) electrons. The fraction of sp³-hybridized carbons (Fsp3) is 0.562.